The zero-order chi connectivity index (χ0) is 14.4. The number of carbonyl (C=O) groups is 1. The summed E-state index contributed by atoms with van der Waals surface area (Å²) in [6.07, 6.45) is 0. The summed E-state index contributed by atoms with van der Waals surface area (Å²) in [5, 5.41) is 17.1. The summed E-state index contributed by atoms with van der Waals surface area (Å²) in [7, 11) is 0. The number of hydrogen-bond donors (Lipinski definition) is 1. The average Bonchev–Trinajstić information content (AvgIpc) is 2.44. The van der Waals surface area contributed by atoms with Gasteiger partial charge in [0, 0.05) is 5.02 Å². The van der Waals surface area contributed by atoms with Crippen LogP contribution in [0.4, 0.5) is 0 Å². The average molecular weight is 289 g/mol. The maximum absolute atomic E-state index is 11.7. The third-order valence-corrected chi connectivity index (χ3v) is 2.72. The molecule has 0 atom stereocenters. The molecule has 2 aromatic rings. The minimum Gasteiger partial charge on any atom is -0.507 e. The van der Waals surface area contributed by atoms with Crippen LogP contribution in [0.2, 0.25) is 5.02 Å². The molecule has 0 heterocycles. The van der Waals surface area contributed by atoms with Crippen LogP contribution in [0, 0.1) is 0 Å². The molecule has 0 aliphatic carbocycles. The Hall–Kier alpha value is -2.49. The smallest absolute Gasteiger partial charge is 0.364 e. The largest absolute Gasteiger partial charge is 0.507 e. The number of benzene rings is 2. The molecule has 0 radical (unpaired) electrons. The second-order valence-electron chi connectivity index (χ2n) is 3.94. The van der Waals surface area contributed by atoms with Crippen molar-refractivity contribution in [3.8, 4) is 5.75 Å². The molecule has 0 fully saturated rings. The number of nitrogens with zero attached hydrogens (tertiary/aromatic N) is 3. The second-order valence-corrected chi connectivity index (χ2v) is 4.38. The number of phenolic OH excluding ortho intramolecular Hbond substituents is 1. The second kappa shape index (κ2) is 6.61. The van der Waals surface area contributed by atoms with Gasteiger partial charge in [-0.3, -0.25) is 4.79 Å². The lowest BCUT2D eigenvalue weighted by atomic mass is 10.2. The van der Waals surface area contributed by atoms with E-state index in [1.165, 1.54) is 18.2 Å². The van der Waals surface area contributed by atoms with E-state index >= 15 is 0 Å². The van der Waals surface area contributed by atoms with Gasteiger partial charge in [-0.25, -0.2) is 0 Å². The molecule has 0 spiro atoms. The van der Waals surface area contributed by atoms with E-state index in [0.29, 0.717) is 11.6 Å². The van der Waals surface area contributed by atoms with Gasteiger partial charge < -0.3 is 5.11 Å². The van der Waals surface area contributed by atoms with Gasteiger partial charge in [0.1, 0.15) is 17.4 Å². The highest BCUT2D eigenvalue weighted by molar-refractivity contribution is 6.30. The Kier molecular flexibility index (Phi) is 4.60. The molecular formula is C14H11ClN3O2+. The van der Waals surface area contributed by atoms with Gasteiger partial charge in [-0.2, -0.15) is 0 Å². The van der Waals surface area contributed by atoms with Crippen molar-refractivity contribution in [1.82, 2.24) is 4.91 Å². The van der Waals surface area contributed by atoms with Crippen LogP contribution in [0.1, 0.15) is 15.9 Å². The predicted molar refractivity (Wildman–Crippen MR) is 74.6 cm³/mol. The molecule has 0 unspecified atom stereocenters. The molecule has 100 valence electrons. The van der Waals surface area contributed by atoms with Crippen molar-refractivity contribution >= 4 is 17.5 Å². The fraction of sp³-hybridized carbons (Fsp3) is 0.0714. The Bertz CT molecular complexity index is 680. The monoisotopic (exact) mass is 288 g/mol. The van der Waals surface area contributed by atoms with Crippen molar-refractivity contribution in [1.29, 1.82) is 0 Å². The molecule has 0 aromatic heterocycles. The number of phenols is 1. The summed E-state index contributed by atoms with van der Waals surface area (Å²) < 4.78 is 0. The van der Waals surface area contributed by atoms with E-state index in [9.17, 15) is 9.90 Å². The topological polar surface area (TPSA) is 76.1 Å². The molecule has 20 heavy (non-hydrogen) atoms. The Morgan fingerprint density at radius 1 is 1.20 bits per heavy atom. The molecule has 0 aliphatic heterocycles. The fourth-order valence-corrected chi connectivity index (χ4v) is 1.67. The molecular weight excluding hydrogens is 278 g/mol. The van der Waals surface area contributed by atoms with Crippen molar-refractivity contribution in [2.45, 2.75) is 6.54 Å². The third-order valence-electron chi connectivity index (χ3n) is 2.49. The summed E-state index contributed by atoms with van der Waals surface area (Å²) >= 11 is 5.67. The van der Waals surface area contributed by atoms with E-state index in [4.69, 9.17) is 11.6 Å². The normalized spacial score (nSPS) is 9.65. The summed E-state index contributed by atoms with van der Waals surface area (Å²) in [5.41, 5.74) is 1.00. The van der Waals surface area contributed by atoms with E-state index in [1.807, 2.05) is 30.3 Å². The van der Waals surface area contributed by atoms with Gasteiger partial charge in [-0.05, 0) is 23.8 Å². The molecule has 1 amide bonds. The maximum Gasteiger partial charge on any atom is 0.364 e. The summed E-state index contributed by atoms with van der Waals surface area (Å²) in [4.78, 5) is 15.1. The Balaban J connectivity index is 2.05. The Morgan fingerprint density at radius 2 is 1.95 bits per heavy atom. The van der Waals surface area contributed by atoms with Crippen molar-refractivity contribution in [3.05, 3.63) is 64.7 Å². The fourth-order valence-electron chi connectivity index (χ4n) is 1.51. The van der Waals surface area contributed by atoms with E-state index < -0.39 is 5.91 Å². The minimum absolute atomic E-state index is 0.0352. The molecule has 6 heteroatoms. The molecule has 1 N–H and O–H groups in total. The number of amides is 1. The van der Waals surface area contributed by atoms with Crippen molar-refractivity contribution < 1.29 is 9.90 Å². The lowest BCUT2D eigenvalue weighted by molar-refractivity contribution is 0.0990. The van der Waals surface area contributed by atoms with Crippen LogP contribution in [0.3, 0.4) is 0 Å². The molecule has 2 aromatic carbocycles. The van der Waals surface area contributed by atoms with E-state index in [-0.39, 0.29) is 11.3 Å². The summed E-state index contributed by atoms with van der Waals surface area (Å²) in [6, 6.07) is 13.6. The van der Waals surface area contributed by atoms with Crippen LogP contribution in [0.5, 0.6) is 5.75 Å². The number of carbonyl (C=O) groups excluding carboxylic acids is 1. The van der Waals surface area contributed by atoms with Crippen LogP contribution in [0.25, 0.3) is 0 Å². The van der Waals surface area contributed by atoms with E-state index in [0.717, 1.165) is 5.56 Å². The first-order chi connectivity index (χ1) is 9.66. The summed E-state index contributed by atoms with van der Waals surface area (Å²) in [6.45, 7) is 0.338. The first kappa shape index (κ1) is 13.9. The molecule has 2 rings (SSSR count). The molecule has 0 aliphatic rings. The SMILES string of the molecule is O=C(N=[N+]=NCc1ccccc1)c1ccc(Cl)cc1O. The predicted octanol–water partition coefficient (Wildman–Crippen LogP) is 3.36. The van der Waals surface area contributed by atoms with Crippen LogP contribution in [0.15, 0.2) is 58.8 Å². The van der Waals surface area contributed by atoms with Gasteiger partial charge in [-0.1, -0.05) is 41.9 Å². The highest BCUT2D eigenvalue weighted by Gasteiger charge is 2.14. The lowest BCUT2D eigenvalue weighted by Crippen LogP contribution is -1.95. The zero-order valence-corrected chi connectivity index (χ0v) is 11.2. The molecule has 0 saturated carbocycles. The molecule has 0 saturated heterocycles. The van der Waals surface area contributed by atoms with Crippen LogP contribution in [-0.2, 0) is 6.54 Å². The van der Waals surface area contributed by atoms with E-state index in [2.05, 4.69) is 15.1 Å². The standard InChI is InChI=1S/C14H10ClN3O2/c15-11-6-7-12(13(19)8-11)14(20)17-18-16-9-10-4-2-1-3-5-10/h1-8H,9H2/p+1. The summed E-state index contributed by atoms with van der Waals surface area (Å²) in [5.74, 6) is -0.902. The Labute approximate surface area is 120 Å². The van der Waals surface area contributed by atoms with Gasteiger partial charge in [0.25, 0.3) is 0 Å². The zero-order valence-electron chi connectivity index (χ0n) is 10.4. The van der Waals surface area contributed by atoms with E-state index in [1.54, 1.807) is 0 Å². The first-order valence-corrected chi connectivity index (χ1v) is 6.19. The molecule has 0 bridgehead atoms. The highest BCUT2D eigenvalue weighted by atomic mass is 35.5. The minimum atomic E-state index is -0.670. The van der Waals surface area contributed by atoms with Crippen molar-refractivity contribution in [2.24, 2.45) is 10.2 Å². The highest BCUT2D eigenvalue weighted by Crippen LogP contribution is 2.22. The van der Waals surface area contributed by atoms with Crippen LogP contribution >= 0.6 is 11.6 Å². The van der Waals surface area contributed by atoms with Crippen LogP contribution < -0.4 is 4.91 Å². The number of aromatic hydroxyl groups is 1. The van der Waals surface area contributed by atoms with Gasteiger partial charge in [0.05, 0.1) is 5.56 Å². The Morgan fingerprint density at radius 3 is 2.65 bits per heavy atom. The third kappa shape index (κ3) is 3.75. The van der Waals surface area contributed by atoms with Gasteiger partial charge in [0.15, 0.2) is 0 Å². The number of hydrogen-bond acceptors (Lipinski definition) is 3. The van der Waals surface area contributed by atoms with Crippen molar-refractivity contribution in [2.75, 3.05) is 0 Å². The first-order valence-electron chi connectivity index (χ1n) is 5.81. The maximum atomic E-state index is 11.7. The van der Waals surface area contributed by atoms with Gasteiger partial charge >= 0.3 is 5.91 Å². The van der Waals surface area contributed by atoms with Gasteiger partial charge in [-0.15, -0.1) is 0 Å². The quantitative estimate of drug-likeness (QED) is 0.694. The lowest BCUT2D eigenvalue weighted by Gasteiger charge is -1.96. The van der Waals surface area contributed by atoms with Crippen LogP contribution in [-0.4, -0.2) is 11.0 Å². The number of halogens is 1. The van der Waals surface area contributed by atoms with Gasteiger partial charge in [0.2, 0.25) is 10.0 Å². The molecule has 5 nitrogen and oxygen atoms in total. The number of rotatable bonds is 3. The van der Waals surface area contributed by atoms with Crippen molar-refractivity contribution in [3.63, 3.8) is 0 Å².